The van der Waals surface area contributed by atoms with Gasteiger partial charge in [-0.3, -0.25) is 9.59 Å². The molecule has 2 aromatic heterocycles. The van der Waals surface area contributed by atoms with E-state index < -0.39 is 0 Å². The second-order valence-electron chi connectivity index (χ2n) is 4.74. The first-order valence-corrected chi connectivity index (χ1v) is 9.85. The van der Waals surface area contributed by atoms with E-state index in [9.17, 15) is 9.59 Å². The molecular weight excluding hydrogens is 364 g/mol. The quantitative estimate of drug-likeness (QED) is 0.637. The number of nitrogens with zero attached hydrogens (tertiary/aromatic N) is 2. The smallest absolute Gasteiger partial charge is 0.236 e. The molecule has 0 aliphatic rings. The number of fused-ring (bicyclic) bond motifs is 1. The molecule has 0 saturated carbocycles. The number of hydrogen-bond donors (Lipinski definition) is 2. The number of rotatable bonds is 6. The summed E-state index contributed by atoms with van der Waals surface area (Å²) < 4.78 is 1.80. The van der Waals surface area contributed by atoms with Gasteiger partial charge < -0.3 is 10.6 Å². The van der Waals surface area contributed by atoms with E-state index in [1.54, 1.807) is 6.20 Å². The fourth-order valence-corrected chi connectivity index (χ4v) is 4.31. The van der Waals surface area contributed by atoms with E-state index in [1.807, 2.05) is 30.5 Å². The predicted molar refractivity (Wildman–Crippen MR) is 100 cm³/mol. The van der Waals surface area contributed by atoms with Gasteiger partial charge in [0.1, 0.15) is 0 Å². The summed E-state index contributed by atoms with van der Waals surface area (Å²) in [5.74, 6) is 0.149. The average Bonchev–Trinajstić information content (AvgIpc) is 3.21. The van der Waals surface area contributed by atoms with Crippen molar-refractivity contribution in [2.45, 2.75) is 17.7 Å². The Balaban J connectivity index is 1.62. The van der Waals surface area contributed by atoms with Gasteiger partial charge in [0, 0.05) is 23.7 Å². The van der Waals surface area contributed by atoms with Crippen molar-refractivity contribution >= 4 is 67.3 Å². The van der Waals surface area contributed by atoms with Crippen LogP contribution in [0.2, 0.25) is 0 Å². The standard InChI is InChI=1S/C15H14N4O2S3/c1-2-12(20)17-9-3-4-10-11(7-9)24-15(18-10)23-8-13(21)19-14-16-5-6-22-14/h3-7H,2,8H2,1H3,(H,17,20)(H,16,19,21). The van der Waals surface area contributed by atoms with E-state index >= 15 is 0 Å². The second kappa shape index (κ2) is 7.73. The first kappa shape index (κ1) is 16.9. The molecule has 0 bridgehead atoms. The summed E-state index contributed by atoms with van der Waals surface area (Å²) >= 11 is 4.27. The number of hydrogen-bond acceptors (Lipinski definition) is 7. The van der Waals surface area contributed by atoms with E-state index in [4.69, 9.17) is 0 Å². The number of nitrogens with one attached hydrogen (secondary N) is 2. The van der Waals surface area contributed by atoms with Crippen LogP contribution in [0.25, 0.3) is 10.2 Å². The van der Waals surface area contributed by atoms with E-state index in [2.05, 4.69) is 20.6 Å². The molecular formula is C15H14N4O2S3. The third-order valence-corrected chi connectivity index (χ3v) is 5.83. The number of carbonyl (C=O) groups is 2. The Hall–Kier alpha value is -1.97. The van der Waals surface area contributed by atoms with Gasteiger partial charge in [0.2, 0.25) is 11.8 Å². The average molecular weight is 379 g/mol. The Morgan fingerprint density at radius 1 is 1.25 bits per heavy atom. The summed E-state index contributed by atoms with van der Waals surface area (Å²) in [5, 5.41) is 7.98. The van der Waals surface area contributed by atoms with Crippen molar-refractivity contribution in [3.05, 3.63) is 29.8 Å². The molecule has 124 valence electrons. The Kier molecular flexibility index (Phi) is 5.44. The van der Waals surface area contributed by atoms with E-state index in [1.165, 1.54) is 34.4 Å². The summed E-state index contributed by atoms with van der Waals surface area (Å²) in [6.45, 7) is 1.81. The summed E-state index contributed by atoms with van der Waals surface area (Å²) in [6, 6.07) is 5.61. The third kappa shape index (κ3) is 4.31. The number of thiazole rings is 2. The summed E-state index contributed by atoms with van der Waals surface area (Å²) in [7, 11) is 0. The highest BCUT2D eigenvalue weighted by Crippen LogP contribution is 2.31. The van der Waals surface area contributed by atoms with Gasteiger partial charge in [0.25, 0.3) is 0 Å². The van der Waals surface area contributed by atoms with Crippen LogP contribution in [0.1, 0.15) is 13.3 Å². The summed E-state index contributed by atoms with van der Waals surface area (Å²) in [5.41, 5.74) is 1.62. The molecule has 24 heavy (non-hydrogen) atoms. The number of thioether (sulfide) groups is 1. The van der Waals surface area contributed by atoms with Crippen LogP contribution in [0.4, 0.5) is 10.8 Å². The fraction of sp³-hybridized carbons (Fsp3) is 0.200. The predicted octanol–water partition coefficient (Wildman–Crippen LogP) is 3.83. The highest BCUT2D eigenvalue weighted by atomic mass is 32.2. The zero-order valence-electron chi connectivity index (χ0n) is 12.7. The first-order valence-electron chi connectivity index (χ1n) is 7.16. The minimum Gasteiger partial charge on any atom is -0.326 e. The maximum Gasteiger partial charge on any atom is 0.236 e. The lowest BCUT2D eigenvalue weighted by Crippen LogP contribution is -2.13. The molecule has 0 atom stereocenters. The van der Waals surface area contributed by atoms with Crippen molar-refractivity contribution in [1.82, 2.24) is 9.97 Å². The lowest BCUT2D eigenvalue weighted by molar-refractivity contribution is -0.116. The van der Waals surface area contributed by atoms with Crippen LogP contribution in [-0.4, -0.2) is 27.5 Å². The number of amides is 2. The van der Waals surface area contributed by atoms with Gasteiger partial charge in [0.15, 0.2) is 9.47 Å². The Labute approximate surface area is 150 Å². The highest BCUT2D eigenvalue weighted by molar-refractivity contribution is 8.01. The van der Waals surface area contributed by atoms with E-state index in [0.29, 0.717) is 11.6 Å². The first-order chi connectivity index (χ1) is 11.6. The maximum atomic E-state index is 11.9. The van der Waals surface area contributed by atoms with Gasteiger partial charge in [-0.25, -0.2) is 9.97 Å². The van der Waals surface area contributed by atoms with Gasteiger partial charge in [-0.1, -0.05) is 18.7 Å². The number of carbonyl (C=O) groups excluding carboxylic acids is 2. The van der Waals surface area contributed by atoms with Crippen LogP contribution in [-0.2, 0) is 9.59 Å². The molecule has 9 heteroatoms. The third-order valence-electron chi connectivity index (χ3n) is 2.98. The second-order valence-corrected chi connectivity index (χ2v) is 7.89. The molecule has 0 spiro atoms. The van der Waals surface area contributed by atoms with Crippen molar-refractivity contribution < 1.29 is 9.59 Å². The van der Waals surface area contributed by atoms with Crippen LogP contribution >= 0.6 is 34.4 Å². The largest absolute Gasteiger partial charge is 0.326 e. The summed E-state index contributed by atoms with van der Waals surface area (Å²) in [4.78, 5) is 31.8. The maximum absolute atomic E-state index is 11.9. The molecule has 0 aliphatic heterocycles. The van der Waals surface area contributed by atoms with Gasteiger partial charge in [-0.15, -0.1) is 22.7 Å². The Bertz CT molecular complexity index is 861. The van der Waals surface area contributed by atoms with Crippen LogP contribution in [0.3, 0.4) is 0 Å². The molecule has 0 radical (unpaired) electrons. The Morgan fingerprint density at radius 2 is 2.12 bits per heavy atom. The van der Waals surface area contributed by atoms with Crippen molar-refractivity contribution in [2.24, 2.45) is 0 Å². The molecule has 0 unspecified atom stereocenters. The minimum absolute atomic E-state index is 0.0210. The monoisotopic (exact) mass is 378 g/mol. The SMILES string of the molecule is CCC(=O)Nc1ccc2nc(SCC(=O)Nc3nccs3)sc2c1. The van der Waals surface area contributed by atoms with Crippen molar-refractivity contribution in [3.8, 4) is 0 Å². The van der Waals surface area contributed by atoms with Gasteiger partial charge in [-0.05, 0) is 18.2 Å². The van der Waals surface area contributed by atoms with Crippen molar-refractivity contribution in [3.63, 3.8) is 0 Å². The summed E-state index contributed by atoms with van der Waals surface area (Å²) in [6.07, 6.45) is 2.09. The molecule has 3 aromatic rings. The molecule has 0 fully saturated rings. The van der Waals surface area contributed by atoms with Crippen molar-refractivity contribution in [1.29, 1.82) is 0 Å². The zero-order valence-corrected chi connectivity index (χ0v) is 15.2. The number of benzene rings is 1. The minimum atomic E-state index is -0.106. The lowest BCUT2D eigenvalue weighted by Gasteiger charge is -2.02. The van der Waals surface area contributed by atoms with E-state index in [-0.39, 0.29) is 17.6 Å². The molecule has 2 heterocycles. The molecule has 3 rings (SSSR count). The highest BCUT2D eigenvalue weighted by Gasteiger charge is 2.10. The van der Waals surface area contributed by atoms with Gasteiger partial charge >= 0.3 is 0 Å². The van der Waals surface area contributed by atoms with E-state index in [0.717, 1.165) is 20.2 Å². The fourth-order valence-electron chi connectivity index (χ4n) is 1.86. The van der Waals surface area contributed by atoms with Crippen LogP contribution in [0.15, 0.2) is 34.1 Å². The zero-order chi connectivity index (χ0) is 16.9. The van der Waals surface area contributed by atoms with Crippen LogP contribution in [0, 0.1) is 0 Å². The van der Waals surface area contributed by atoms with Crippen LogP contribution < -0.4 is 10.6 Å². The molecule has 0 aliphatic carbocycles. The molecule has 1 aromatic carbocycles. The Morgan fingerprint density at radius 3 is 2.88 bits per heavy atom. The molecule has 2 N–H and O–H groups in total. The normalized spacial score (nSPS) is 10.7. The topological polar surface area (TPSA) is 84.0 Å². The molecule has 6 nitrogen and oxygen atoms in total. The van der Waals surface area contributed by atoms with Gasteiger partial charge in [-0.2, -0.15) is 0 Å². The number of aromatic nitrogens is 2. The lowest BCUT2D eigenvalue weighted by atomic mass is 10.3. The van der Waals surface area contributed by atoms with Crippen molar-refractivity contribution in [2.75, 3.05) is 16.4 Å². The van der Waals surface area contributed by atoms with Gasteiger partial charge in [0.05, 0.1) is 16.0 Å². The molecule has 2 amide bonds. The number of anilines is 2. The molecule has 0 saturated heterocycles. The van der Waals surface area contributed by atoms with Crippen LogP contribution in [0.5, 0.6) is 0 Å².